The molecular formula is C13H18O2. The van der Waals surface area contributed by atoms with Crippen LogP contribution in [0.15, 0.2) is 35.1 Å². The van der Waals surface area contributed by atoms with E-state index in [2.05, 4.69) is 0 Å². The quantitative estimate of drug-likeness (QED) is 0.660. The topological polar surface area (TPSA) is 26.3 Å². The third kappa shape index (κ3) is 3.74. The third-order valence-corrected chi connectivity index (χ3v) is 2.22. The second-order valence-corrected chi connectivity index (χ2v) is 3.91. The van der Waals surface area contributed by atoms with Crippen LogP contribution in [0.2, 0.25) is 0 Å². The predicted molar refractivity (Wildman–Crippen MR) is 61.5 cm³/mol. The Hall–Kier alpha value is -1.31. The van der Waals surface area contributed by atoms with Crippen LogP contribution in [0.3, 0.4) is 0 Å². The number of rotatable bonds is 4. The van der Waals surface area contributed by atoms with Crippen molar-refractivity contribution in [3.63, 3.8) is 0 Å². The number of ketones is 1. The molecule has 0 spiro atoms. The number of Topliss-reactive ketones (excluding diaryl/α,β-unsaturated/α-hetero) is 1. The van der Waals surface area contributed by atoms with E-state index < -0.39 is 0 Å². The van der Waals surface area contributed by atoms with Gasteiger partial charge in [-0.05, 0) is 45.8 Å². The van der Waals surface area contributed by atoms with Crippen molar-refractivity contribution in [2.45, 2.75) is 33.6 Å². The van der Waals surface area contributed by atoms with E-state index in [1.54, 1.807) is 6.92 Å². The summed E-state index contributed by atoms with van der Waals surface area (Å²) in [7, 11) is 0. The molecule has 0 saturated heterocycles. The molecule has 0 aromatic rings. The Bertz CT molecular complexity index is 328. The van der Waals surface area contributed by atoms with Crippen LogP contribution < -0.4 is 0 Å². The van der Waals surface area contributed by atoms with Crippen molar-refractivity contribution >= 4 is 5.78 Å². The summed E-state index contributed by atoms with van der Waals surface area (Å²) < 4.78 is 5.56. The first kappa shape index (κ1) is 11.8. The second-order valence-electron chi connectivity index (χ2n) is 3.91. The number of carbonyl (C=O) groups is 1. The summed E-state index contributed by atoms with van der Waals surface area (Å²) in [6.45, 7) is 6.18. The van der Waals surface area contributed by atoms with Gasteiger partial charge < -0.3 is 4.74 Å². The Kier molecular flexibility index (Phi) is 4.35. The number of hydrogen-bond acceptors (Lipinski definition) is 2. The largest absolute Gasteiger partial charge is 0.489 e. The summed E-state index contributed by atoms with van der Waals surface area (Å²) in [5.41, 5.74) is 1.95. The lowest BCUT2D eigenvalue weighted by molar-refractivity contribution is -0.113. The van der Waals surface area contributed by atoms with Gasteiger partial charge in [-0.15, -0.1) is 0 Å². The van der Waals surface area contributed by atoms with Crippen molar-refractivity contribution in [1.82, 2.24) is 0 Å². The minimum Gasteiger partial charge on any atom is -0.489 e. The fraction of sp³-hybridized carbons (Fsp3) is 0.462. The minimum atomic E-state index is 0.0816. The summed E-state index contributed by atoms with van der Waals surface area (Å²) in [5.74, 6) is 0.824. The van der Waals surface area contributed by atoms with Crippen LogP contribution in [-0.2, 0) is 9.53 Å². The van der Waals surface area contributed by atoms with Crippen LogP contribution in [0.4, 0.5) is 0 Å². The fourth-order valence-corrected chi connectivity index (χ4v) is 1.40. The van der Waals surface area contributed by atoms with Crippen LogP contribution >= 0.6 is 0 Å². The van der Waals surface area contributed by atoms with E-state index in [0.717, 1.165) is 24.2 Å². The highest BCUT2D eigenvalue weighted by molar-refractivity contribution is 5.97. The van der Waals surface area contributed by atoms with E-state index in [9.17, 15) is 4.79 Å². The lowest BCUT2D eigenvalue weighted by Crippen LogP contribution is -2.07. The number of hydrogen-bond donors (Lipinski definition) is 0. The second kappa shape index (κ2) is 5.54. The van der Waals surface area contributed by atoms with Gasteiger partial charge in [0.25, 0.3) is 0 Å². The Labute approximate surface area is 91.3 Å². The molecule has 0 aromatic carbocycles. The molecule has 0 saturated carbocycles. The van der Waals surface area contributed by atoms with E-state index in [1.165, 1.54) is 5.57 Å². The number of allylic oxidation sites excluding steroid dienone is 4. The SMILES string of the molecule is CC(=O)C1=CCCC=C1OCC=C(C)C. The predicted octanol–water partition coefficient (Wildman–Crippen LogP) is 3.16. The zero-order valence-electron chi connectivity index (χ0n) is 9.67. The molecule has 0 heterocycles. The van der Waals surface area contributed by atoms with Gasteiger partial charge in [0, 0.05) is 0 Å². The van der Waals surface area contributed by atoms with Gasteiger partial charge in [0.15, 0.2) is 5.78 Å². The molecule has 0 aliphatic heterocycles. The van der Waals surface area contributed by atoms with E-state index >= 15 is 0 Å². The number of carbonyl (C=O) groups excluding carboxylic acids is 1. The average molecular weight is 206 g/mol. The van der Waals surface area contributed by atoms with Crippen molar-refractivity contribution in [3.05, 3.63) is 35.1 Å². The summed E-state index contributed by atoms with van der Waals surface area (Å²) in [4.78, 5) is 11.3. The molecule has 2 heteroatoms. The summed E-state index contributed by atoms with van der Waals surface area (Å²) in [5, 5.41) is 0. The van der Waals surface area contributed by atoms with Gasteiger partial charge >= 0.3 is 0 Å². The molecular weight excluding hydrogens is 188 g/mol. The molecule has 0 unspecified atom stereocenters. The molecule has 0 bridgehead atoms. The Morgan fingerprint density at radius 1 is 1.33 bits per heavy atom. The van der Waals surface area contributed by atoms with Crippen molar-refractivity contribution in [3.8, 4) is 0 Å². The van der Waals surface area contributed by atoms with Gasteiger partial charge in [-0.3, -0.25) is 4.79 Å². The van der Waals surface area contributed by atoms with E-state index in [-0.39, 0.29) is 5.78 Å². The highest BCUT2D eigenvalue weighted by Gasteiger charge is 2.13. The molecule has 1 rings (SSSR count). The van der Waals surface area contributed by atoms with Crippen LogP contribution in [0.25, 0.3) is 0 Å². The van der Waals surface area contributed by atoms with Gasteiger partial charge in [0.05, 0.1) is 5.57 Å². The molecule has 0 radical (unpaired) electrons. The first-order valence-electron chi connectivity index (χ1n) is 5.29. The minimum absolute atomic E-state index is 0.0816. The van der Waals surface area contributed by atoms with Crippen molar-refractivity contribution in [2.75, 3.05) is 6.61 Å². The zero-order valence-corrected chi connectivity index (χ0v) is 9.67. The molecule has 2 nitrogen and oxygen atoms in total. The molecule has 0 aromatic heterocycles. The monoisotopic (exact) mass is 206 g/mol. The first-order chi connectivity index (χ1) is 7.11. The molecule has 0 atom stereocenters. The third-order valence-electron chi connectivity index (χ3n) is 2.22. The summed E-state index contributed by atoms with van der Waals surface area (Å²) in [6, 6.07) is 0. The molecule has 1 aliphatic rings. The van der Waals surface area contributed by atoms with Crippen molar-refractivity contribution in [2.24, 2.45) is 0 Å². The fourth-order valence-electron chi connectivity index (χ4n) is 1.40. The smallest absolute Gasteiger partial charge is 0.163 e. The standard InChI is InChI=1S/C13H18O2/c1-10(2)8-9-15-13-7-5-4-6-12(13)11(3)14/h6-8H,4-5,9H2,1-3H3. The van der Waals surface area contributed by atoms with E-state index in [4.69, 9.17) is 4.74 Å². The summed E-state index contributed by atoms with van der Waals surface area (Å²) >= 11 is 0. The van der Waals surface area contributed by atoms with Gasteiger partial charge in [-0.2, -0.15) is 0 Å². The van der Waals surface area contributed by atoms with E-state index in [1.807, 2.05) is 32.1 Å². The van der Waals surface area contributed by atoms with Crippen LogP contribution in [-0.4, -0.2) is 12.4 Å². The van der Waals surface area contributed by atoms with Crippen LogP contribution in [0.5, 0.6) is 0 Å². The van der Waals surface area contributed by atoms with Gasteiger partial charge in [-0.25, -0.2) is 0 Å². The Balaban J connectivity index is 2.60. The highest BCUT2D eigenvalue weighted by atomic mass is 16.5. The molecule has 1 aliphatic carbocycles. The zero-order chi connectivity index (χ0) is 11.3. The first-order valence-corrected chi connectivity index (χ1v) is 5.29. The molecule has 15 heavy (non-hydrogen) atoms. The maximum atomic E-state index is 11.3. The summed E-state index contributed by atoms with van der Waals surface area (Å²) in [6.07, 6.45) is 7.86. The van der Waals surface area contributed by atoms with Gasteiger partial charge in [0.2, 0.25) is 0 Å². The molecule has 0 fully saturated rings. The van der Waals surface area contributed by atoms with Crippen LogP contribution in [0, 0.1) is 0 Å². The lowest BCUT2D eigenvalue weighted by atomic mass is 10.0. The van der Waals surface area contributed by atoms with Crippen LogP contribution in [0.1, 0.15) is 33.6 Å². The average Bonchev–Trinajstić information content (AvgIpc) is 2.17. The Morgan fingerprint density at radius 3 is 2.60 bits per heavy atom. The van der Waals surface area contributed by atoms with Crippen molar-refractivity contribution in [1.29, 1.82) is 0 Å². The molecule has 0 amide bonds. The molecule has 0 N–H and O–H groups in total. The number of ether oxygens (including phenoxy) is 1. The maximum Gasteiger partial charge on any atom is 0.163 e. The molecule has 82 valence electrons. The highest BCUT2D eigenvalue weighted by Crippen LogP contribution is 2.20. The lowest BCUT2D eigenvalue weighted by Gasteiger charge is -2.14. The Morgan fingerprint density at radius 2 is 2.00 bits per heavy atom. The van der Waals surface area contributed by atoms with Gasteiger partial charge in [-0.1, -0.05) is 11.6 Å². The maximum absolute atomic E-state index is 11.3. The van der Waals surface area contributed by atoms with Gasteiger partial charge in [0.1, 0.15) is 12.4 Å². The normalized spacial score (nSPS) is 15.1. The van der Waals surface area contributed by atoms with E-state index in [0.29, 0.717) is 6.61 Å². The van der Waals surface area contributed by atoms with Crippen molar-refractivity contribution < 1.29 is 9.53 Å².